The van der Waals surface area contributed by atoms with Gasteiger partial charge in [-0.25, -0.2) is 0 Å². The Bertz CT molecular complexity index is 737. The Morgan fingerprint density at radius 1 is 0.522 bits per heavy atom. The summed E-state index contributed by atoms with van der Waals surface area (Å²) < 4.78 is 17.1. The van der Waals surface area contributed by atoms with Crippen molar-refractivity contribution in [3.63, 3.8) is 0 Å². The molecule has 0 aliphatic rings. The molecule has 272 valence electrons. The highest BCUT2D eigenvalue weighted by atomic mass is 16.6. The molecule has 0 aliphatic heterocycles. The van der Waals surface area contributed by atoms with E-state index in [1.807, 2.05) is 21.1 Å². The van der Waals surface area contributed by atoms with Crippen molar-refractivity contribution >= 4 is 17.9 Å². The van der Waals surface area contributed by atoms with Gasteiger partial charge in [-0.3, -0.25) is 14.4 Å². The Kier molecular flexibility index (Phi) is 29.5. The summed E-state index contributed by atoms with van der Waals surface area (Å²) >= 11 is 0. The number of hydrogen-bond acceptors (Lipinski definition) is 7. The maximum atomic E-state index is 12.5. The largest absolute Gasteiger partial charge is 0.466 e. The maximum absolute atomic E-state index is 12.5. The quantitative estimate of drug-likeness (QED) is 0.0326. The molecule has 8 nitrogen and oxygen atoms in total. The van der Waals surface area contributed by atoms with E-state index < -0.39 is 12.2 Å². The molecule has 0 fully saturated rings. The number of esters is 3. The van der Waals surface area contributed by atoms with Crippen LogP contribution in [0, 0.1) is 0 Å². The van der Waals surface area contributed by atoms with Crippen molar-refractivity contribution in [2.45, 2.75) is 187 Å². The summed E-state index contributed by atoms with van der Waals surface area (Å²) in [7, 11) is 6.13. The van der Waals surface area contributed by atoms with Crippen LogP contribution < -0.4 is 0 Å². The molecule has 2 atom stereocenters. The third-order valence-electron chi connectivity index (χ3n) is 8.48. The molecule has 2 unspecified atom stereocenters. The van der Waals surface area contributed by atoms with Crippen LogP contribution in [0.4, 0.5) is 0 Å². The van der Waals surface area contributed by atoms with E-state index in [-0.39, 0.29) is 30.7 Å². The number of ether oxygens (including phenoxy) is 3. The zero-order chi connectivity index (χ0) is 34.3. The summed E-state index contributed by atoms with van der Waals surface area (Å²) in [5.41, 5.74) is 0. The number of aliphatic hydroxyl groups excluding tert-OH is 1. The van der Waals surface area contributed by atoms with Gasteiger partial charge in [0.1, 0.15) is 19.3 Å². The molecular weight excluding hydrogens is 582 g/mol. The number of carbonyl (C=O) groups is 3. The van der Waals surface area contributed by atoms with E-state index >= 15 is 0 Å². The summed E-state index contributed by atoms with van der Waals surface area (Å²) in [4.78, 5) is 36.4. The van der Waals surface area contributed by atoms with Crippen molar-refractivity contribution in [1.82, 2.24) is 0 Å². The van der Waals surface area contributed by atoms with Crippen LogP contribution in [-0.4, -0.2) is 80.6 Å². The van der Waals surface area contributed by atoms with Crippen molar-refractivity contribution in [3.8, 4) is 0 Å². The lowest BCUT2D eigenvalue weighted by Gasteiger charge is -2.23. The number of likely N-dealkylation sites (N-methyl/N-ethyl adjacent to an activating group) is 1. The summed E-state index contributed by atoms with van der Waals surface area (Å²) in [5, 5.41) is 10.8. The summed E-state index contributed by atoms with van der Waals surface area (Å²) in [6, 6.07) is 0. The lowest BCUT2D eigenvalue weighted by atomic mass is 9.99. The van der Waals surface area contributed by atoms with Gasteiger partial charge in [-0.2, -0.15) is 0 Å². The second-order valence-electron chi connectivity index (χ2n) is 14.2. The van der Waals surface area contributed by atoms with Crippen LogP contribution in [0.15, 0.2) is 0 Å². The van der Waals surface area contributed by atoms with Crippen LogP contribution in [0.3, 0.4) is 0 Å². The number of hydrogen-bond donors (Lipinski definition) is 1. The molecule has 8 heteroatoms. The minimum absolute atomic E-state index is 0.0496. The fourth-order valence-corrected chi connectivity index (χ4v) is 5.40. The number of unbranched alkanes of at least 4 members (excludes halogenated alkanes) is 16. The van der Waals surface area contributed by atoms with Gasteiger partial charge in [0, 0.05) is 19.3 Å². The van der Waals surface area contributed by atoms with Gasteiger partial charge < -0.3 is 23.8 Å². The first-order valence-corrected chi connectivity index (χ1v) is 19.1. The highest BCUT2D eigenvalue weighted by molar-refractivity contribution is 5.72. The SMILES string of the molecule is CCCCCCCCCCOC(=O)CCCCCCCCCCC(O)C(CCCCC)OC(=O)CCCC(=O)OCC[N+](C)(C)C. The van der Waals surface area contributed by atoms with Gasteiger partial charge in [0.15, 0.2) is 0 Å². The number of rotatable bonds is 33. The van der Waals surface area contributed by atoms with Gasteiger partial charge in [-0.05, 0) is 38.5 Å². The molecule has 0 aromatic carbocycles. The van der Waals surface area contributed by atoms with Gasteiger partial charge >= 0.3 is 17.9 Å². The van der Waals surface area contributed by atoms with E-state index in [0.717, 1.165) is 94.5 Å². The lowest BCUT2D eigenvalue weighted by molar-refractivity contribution is -0.870. The molecule has 0 saturated heterocycles. The number of aliphatic hydroxyl groups is 1. The standard InChI is InChI=1S/C38H74NO7/c1-6-8-10-11-12-17-20-24-32-44-36(41)28-23-19-16-14-13-15-18-22-26-34(40)35(27-21-9-7-2)46-38(43)30-25-29-37(42)45-33-31-39(3,4)5/h34-35,40H,6-33H2,1-5H3/q+1. The second-order valence-corrected chi connectivity index (χ2v) is 14.2. The molecule has 0 spiro atoms. The van der Waals surface area contributed by atoms with Crippen LogP contribution in [0.5, 0.6) is 0 Å². The van der Waals surface area contributed by atoms with Crippen LogP contribution >= 0.6 is 0 Å². The summed E-state index contributed by atoms with van der Waals surface area (Å²) in [6.45, 7) is 6.05. The molecule has 0 bridgehead atoms. The van der Waals surface area contributed by atoms with Gasteiger partial charge in [0.05, 0.1) is 33.9 Å². The van der Waals surface area contributed by atoms with E-state index in [1.165, 1.54) is 38.5 Å². The van der Waals surface area contributed by atoms with Crippen LogP contribution in [0.2, 0.25) is 0 Å². The van der Waals surface area contributed by atoms with E-state index in [0.29, 0.717) is 38.9 Å². The van der Waals surface area contributed by atoms with Crippen molar-refractivity contribution in [2.24, 2.45) is 0 Å². The molecule has 1 N–H and O–H groups in total. The van der Waals surface area contributed by atoms with Gasteiger partial charge in [-0.15, -0.1) is 0 Å². The third-order valence-corrected chi connectivity index (χ3v) is 8.48. The Morgan fingerprint density at radius 2 is 0.957 bits per heavy atom. The minimum Gasteiger partial charge on any atom is -0.466 e. The molecule has 0 aromatic rings. The number of carbonyl (C=O) groups excluding carboxylic acids is 3. The number of quaternary nitrogens is 1. The first kappa shape index (κ1) is 44.3. The Hall–Kier alpha value is -1.67. The zero-order valence-corrected chi connectivity index (χ0v) is 30.8. The fourth-order valence-electron chi connectivity index (χ4n) is 5.40. The molecule has 0 aromatic heterocycles. The zero-order valence-electron chi connectivity index (χ0n) is 30.8. The molecule has 46 heavy (non-hydrogen) atoms. The molecule has 0 radical (unpaired) electrons. The van der Waals surface area contributed by atoms with Crippen molar-refractivity contribution in [3.05, 3.63) is 0 Å². The predicted octanol–water partition coefficient (Wildman–Crippen LogP) is 8.84. The fraction of sp³-hybridized carbons (Fsp3) is 0.921. The van der Waals surface area contributed by atoms with Gasteiger partial charge in [0.25, 0.3) is 0 Å². The third kappa shape index (κ3) is 31.0. The summed E-state index contributed by atoms with van der Waals surface area (Å²) in [5.74, 6) is -0.687. The van der Waals surface area contributed by atoms with Crippen LogP contribution in [-0.2, 0) is 28.6 Å². The van der Waals surface area contributed by atoms with E-state index in [4.69, 9.17) is 14.2 Å². The average Bonchev–Trinajstić information content (AvgIpc) is 3.00. The number of nitrogens with zero attached hydrogens (tertiary/aromatic N) is 1. The maximum Gasteiger partial charge on any atom is 0.306 e. The molecule has 0 rings (SSSR count). The Labute approximate surface area is 283 Å². The Morgan fingerprint density at radius 3 is 1.54 bits per heavy atom. The molecule has 0 heterocycles. The van der Waals surface area contributed by atoms with Crippen molar-refractivity contribution in [1.29, 1.82) is 0 Å². The average molecular weight is 657 g/mol. The highest BCUT2D eigenvalue weighted by Crippen LogP contribution is 2.18. The van der Waals surface area contributed by atoms with Gasteiger partial charge in [0.2, 0.25) is 0 Å². The van der Waals surface area contributed by atoms with Crippen molar-refractivity contribution < 1.29 is 38.2 Å². The molecular formula is C38H74NO7+. The topological polar surface area (TPSA) is 99.1 Å². The second kappa shape index (κ2) is 30.7. The normalized spacial score (nSPS) is 12.9. The van der Waals surface area contributed by atoms with Gasteiger partial charge in [-0.1, -0.05) is 117 Å². The summed E-state index contributed by atoms with van der Waals surface area (Å²) in [6.07, 6.45) is 23.0. The van der Waals surface area contributed by atoms with E-state index in [9.17, 15) is 19.5 Å². The monoisotopic (exact) mass is 657 g/mol. The highest BCUT2D eigenvalue weighted by Gasteiger charge is 2.23. The lowest BCUT2D eigenvalue weighted by Crippen LogP contribution is -2.38. The van der Waals surface area contributed by atoms with Crippen LogP contribution in [0.25, 0.3) is 0 Å². The first-order valence-electron chi connectivity index (χ1n) is 19.1. The van der Waals surface area contributed by atoms with E-state index in [1.54, 1.807) is 0 Å². The molecule has 0 aliphatic carbocycles. The predicted molar refractivity (Wildman–Crippen MR) is 187 cm³/mol. The smallest absolute Gasteiger partial charge is 0.306 e. The first-order chi connectivity index (χ1) is 22.1. The minimum atomic E-state index is -0.656. The Balaban J connectivity index is 3.93. The van der Waals surface area contributed by atoms with Crippen LogP contribution in [0.1, 0.15) is 174 Å². The van der Waals surface area contributed by atoms with Crippen molar-refractivity contribution in [2.75, 3.05) is 40.9 Å². The van der Waals surface area contributed by atoms with E-state index in [2.05, 4.69) is 13.8 Å². The molecule has 0 saturated carbocycles. The molecule has 0 amide bonds.